The summed E-state index contributed by atoms with van der Waals surface area (Å²) in [5.74, 6) is 0.431. The lowest BCUT2D eigenvalue weighted by molar-refractivity contribution is -0.120. The van der Waals surface area contributed by atoms with Crippen LogP contribution < -0.4 is 10.7 Å². The quantitative estimate of drug-likeness (QED) is 0.901. The summed E-state index contributed by atoms with van der Waals surface area (Å²) in [6.45, 7) is 4.04. The number of Topliss-reactive ketones (excluding diaryl/α,β-unsaturated/α-hetero) is 1. The molecule has 1 aliphatic rings. The van der Waals surface area contributed by atoms with Crippen molar-refractivity contribution in [1.29, 1.82) is 0 Å². The number of nitrogens with zero attached hydrogens (tertiary/aromatic N) is 2. The van der Waals surface area contributed by atoms with Crippen molar-refractivity contribution in [3.63, 3.8) is 0 Å². The van der Waals surface area contributed by atoms with Gasteiger partial charge in [0.1, 0.15) is 11.6 Å². The number of rotatable bonds is 4. The van der Waals surface area contributed by atoms with Crippen molar-refractivity contribution < 1.29 is 4.79 Å². The van der Waals surface area contributed by atoms with E-state index in [-0.39, 0.29) is 11.7 Å². The molecule has 1 heterocycles. The molecule has 1 aromatic rings. The van der Waals surface area contributed by atoms with Gasteiger partial charge in [-0.15, -0.1) is 0 Å². The Morgan fingerprint density at radius 1 is 1.37 bits per heavy atom. The second kappa shape index (κ2) is 5.69. The van der Waals surface area contributed by atoms with E-state index in [1.165, 1.54) is 0 Å². The molecule has 0 amide bonds. The second-order valence-electron chi connectivity index (χ2n) is 5.09. The summed E-state index contributed by atoms with van der Waals surface area (Å²) < 4.78 is 0. The minimum absolute atomic E-state index is 0.125. The summed E-state index contributed by atoms with van der Waals surface area (Å²) in [6, 6.07) is 9.70. The first-order valence-corrected chi connectivity index (χ1v) is 6.47. The van der Waals surface area contributed by atoms with Gasteiger partial charge in [0, 0.05) is 12.6 Å². The number of anilines is 1. The number of nitrogens with two attached hydrogens (primary N) is 1. The van der Waals surface area contributed by atoms with Gasteiger partial charge in [0.2, 0.25) is 0 Å². The van der Waals surface area contributed by atoms with Crippen LogP contribution >= 0.6 is 0 Å². The normalized spacial score (nSPS) is 18.6. The maximum atomic E-state index is 12.0. The Kier molecular flexibility index (Phi) is 4.00. The van der Waals surface area contributed by atoms with E-state index in [9.17, 15) is 4.79 Å². The Hall–Kier alpha value is -2.10. The van der Waals surface area contributed by atoms with Crippen molar-refractivity contribution in [2.75, 3.05) is 5.01 Å². The highest BCUT2D eigenvalue weighted by atomic mass is 16.1. The van der Waals surface area contributed by atoms with Crippen LogP contribution in [0.15, 0.2) is 47.7 Å². The third-order valence-corrected chi connectivity index (χ3v) is 2.94. The maximum Gasteiger partial charge on any atom is 0.147 e. The molecule has 100 valence electrons. The van der Waals surface area contributed by atoms with Crippen LogP contribution in [0.1, 0.15) is 20.3 Å². The molecular formula is C15H19N3O. The molecule has 0 aromatic heterocycles. The topological polar surface area (TPSA) is 58.7 Å². The molecule has 1 unspecified atom stereocenters. The van der Waals surface area contributed by atoms with Gasteiger partial charge in [-0.1, -0.05) is 32.0 Å². The molecule has 1 atom stereocenters. The molecular weight excluding hydrogens is 238 g/mol. The summed E-state index contributed by atoms with van der Waals surface area (Å²) in [4.78, 5) is 12.0. The molecule has 2 N–H and O–H groups in total. The van der Waals surface area contributed by atoms with Gasteiger partial charge in [-0.05, 0) is 24.1 Å². The van der Waals surface area contributed by atoms with E-state index in [4.69, 9.17) is 5.73 Å². The number of amidine groups is 1. The van der Waals surface area contributed by atoms with Gasteiger partial charge >= 0.3 is 0 Å². The van der Waals surface area contributed by atoms with Crippen molar-refractivity contribution >= 4 is 17.3 Å². The molecule has 0 aliphatic carbocycles. The predicted molar refractivity (Wildman–Crippen MR) is 77.6 cm³/mol. The number of hydrogen-bond acceptors (Lipinski definition) is 4. The fourth-order valence-electron chi connectivity index (χ4n) is 2.01. The molecule has 2 rings (SSSR count). The highest BCUT2D eigenvalue weighted by Gasteiger charge is 2.24. The zero-order chi connectivity index (χ0) is 13.8. The number of benzene rings is 1. The third-order valence-electron chi connectivity index (χ3n) is 2.94. The Morgan fingerprint density at radius 2 is 2.05 bits per heavy atom. The fourth-order valence-corrected chi connectivity index (χ4v) is 2.01. The summed E-state index contributed by atoms with van der Waals surface area (Å²) in [7, 11) is 0. The highest BCUT2D eigenvalue weighted by Crippen LogP contribution is 2.20. The molecule has 1 aromatic carbocycles. The fraction of sp³-hybridized carbons (Fsp3) is 0.333. The molecule has 4 nitrogen and oxygen atoms in total. The van der Waals surface area contributed by atoms with E-state index in [1.807, 2.05) is 50.3 Å². The molecule has 1 aliphatic heterocycles. The van der Waals surface area contributed by atoms with E-state index in [2.05, 4.69) is 5.10 Å². The third kappa shape index (κ3) is 3.22. The minimum Gasteiger partial charge on any atom is -0.385 e. The number of carbonyl (C=O) groups is 1. The van der Waals surface area contributed by atoms with Crippen molar-refractivity contribution in [2.45, 2.75) is 20.3 Å². The number of para-hydroxylation sites is 1. The Labute approximate surface area is 113 Å². The smallest absolute Gasteiger partial charge is 0.147 e. The number of hydrazone groups is 1. The first-order chi connectivity index (χ1) is 9.08. The first-order valence-electron chi connectivity index (χ1n) is 6.47. The average Bonchev–Trinajstić information content (AvgIpc) is 2.38. The van der Waals surface area contributed by atoms with Gasteiger partial charge in [-0.25, -0.2) is 5.01 Å². The van der Waals surface area contributed by atoms with E-state index < -0.39 is 0 Å². The van der Waals surface area contributed by atoms with Crippen LogP contribution in [0.4, 0.5) is 5.69 Å². The summed E-state index contributed by atoms with van der Waals surface area (Å²) in [5.41, 5.74) is 6.85. The zero-order valence-corrected chi connectivity index (χ0v) is 11.3. The molecule has 0 spiro atoms. The summed E-state index contributed by atoms with van der Waals surface area (Å²) in [5, 5.41) is 5.97. The lowest BCUT2D eigenvalue weighted by Crippen LogP contribution is -2.35. The number of hydrogen-bond donors (Lipinski definition) is 1. The van der Waals surface area contributed by atoms with E-state index in [0.29, 0.717) is 18.2 Å². The molecule has 0 saturated carbocycles. The molecule has 4 heteroatoms. The van der Waals surface area contributed by atoms with E-state index >= 15 is 0 Å². The molecule has 19 heavy (non-hydrogen) atoms. The summed E-state index contributed by atoms with van der Waals surface area (Å²) >= 11 is 0. The minimum atomic E-state index is -0.387. The maximum absolute atomic E-state index is 12.0. The predicted octanol–water partition coefficient (Wildman–Crippen LogP) is 2.52. The van der Waals surface area contributed by atoms with Gasteiger partial charge in [0.25, 0.3) is 0 Å². The molecule has 0 radical (unpaired) electrons. The molecule has 0 fully saturated rings. The number of carbonyl (C=O) groups excluding carboxylic acids is 1. The van der Waals surface area contributed by atoms with Gasteiger partial charge in [0.05, 0.1) is 11.6 Å². The van der Waals surface area contributed by atoms with Crippen LogP contribution in [0.3, 0.4) is 0 Å². The Bertz CT molecular complexity index is 505. The monoisotopic (exact) mass is 257 g/mol. The van der Waals surface area contributed by atoms with Crippen LogP contribution in [-0.2, 0) is 4.79 Å². The average molecular weight is 257 g/mol. The first kappa shape index (κ1) is 13.3. The van der Waals surface area contributed by atoms with Crippen LogP contribution in [0, 0.1) is 11.8 Å². The largest absolute Gasteiger partial charge is 0.385 e. The Morgan fingerprint density at radius 3 is 2.63 bits per heavy atom. The van der Waals surface area contributed by atoms with Gasteiger partial charge in [0.15, 0.2) is 0 Å². The molecule has 0 saturated heterocycles. The Balaban J connectivity index is 2.12. The van der Waals surface area contributed by atoms with Crippen molar-refractivity contribution in [3.8, 4) is 0 Å². The van der Waals surface area contributed by atoms with Crippen molar-refractivity contribution in [3.05, 3.63) is 42.6 Å². The van der Waals surface area contributed by atoms with Crippen LogP contribution in [-0.4, -0.2) is 11.6 Å². The molecule has 0 bridgehead atoms. The number of ketones is 1. The van der Waals surface area contributed by atoms with Gasteiger partial charge in [-0.2, -0.15) is 5.10 Å². The van der Waals surface area contributed by atoms with Gasteiger partial charge in [-0.3, -0.25) is 4.79 Å². The van der Waals surface area contributed by atoms with E-state index in [0.717, 1.165) is 5.69 Å². The van der Waals surface area contributed by atoms with E-state index in [1.54, 1.807) is 11.2 Å². The SMILES string of the molecule is CC(C)CC(=O)C1C=CN(c2ccccc2)N=C1N. The van der Waals surface area contributed by atoms with Crippen LogP contribution in [0.5, 0.6) is 0 Å². The summed E-state index contributed by atoms with van der Waals surface area (Å²) in [6.07, 6.45) is 4.14. The van der Waals surface area contributed by atoms with Crippen LogP contribution in [0.25, 0.3) is 0 Å². The standard InChI is InChI=1S/C15H19N3O/c1-11(2)10-14(19)13-8-9-18(17-15(13)16)12-6-4-3-5-7-12/h3-9,11,13H,10H2,1-2H3,(H2,16,17). The highest BCUT2D eigenvalue weighted by molar-refractivity contribution is 6.06. The zero-order valence-electron chi connectivity index (χ0n) is 11.3. The second-order valence-corrected chi connectivity index (χ2v) is 5.09. The lowest BCUT2D eigenvalue weighted by Gasteiger charge is -2.23. The van der Waals surface area contributed by atoms with Crippen molar-refractivity contribution in [1.82, 2.24) is 0 Å². The lowest BCUT2D eigenvalue weighted by atomic mass is 9.95. The van der Waals surface area contributed by atoms with Crippen molar-refractivity contribution in [2.24, 2.45) is 22.7 Å². The van der Waals surface area contributed by atoms with Gasteiger partial charge < -0.3 is 5.73 Å². The van der Waals surface area contributed by atoms with Crippen LogP contribution in [0.2, 0.25) is 0 Å².